The molecule has 1 saturated heterocycles. The van der Waals surface area contributed by atoms with Gasteiger partial charge in [-0.1, -0.05) is 64.5 Å². The van der Waals surface area contributed by atoms with E-state index in [1.54, 1.807) is 0 Å². The van der Waals surface area contributed by atoms with Crippen molar-refractivity contribution in [2.45, 2.75) is 31.7 Å². The summed E-state index contributed by atoms with van der Waals surface area (Å²) in [6, 6.07) is 26.8. The zero-order valence-corrected chi connectivity index (χ0v) is 18.8. The summed E-state index contributed by atoms with van der Waals surface area (Å²) in [5.74, 6) is 1.28. The molecule has 3 aromatic carbocycles. The van der Waals surface area contributed by atoms with Crippen molar-refractivity contribution in [3.8, 4) is 0 Å². The second-order valence-corrected chi connectivity index (χ2v) is 9.00. The number of rotatable bonds is 6. The van der Waals surface area contributed by atoms with Crippen LogP contribution in [0, 0.1) is 0 Å². The molecule has 5 rings (SSSR count). The molecule has 2 heterocycles. The smallest absolute Gasteiger partial charge is 0.227 e. The van der Waals surface area contributed by atoms with E-state index >= 15 is 0 Å². The highest BCUT2D eigenvalue weighted by atomic mass is 79.9. The normalized spacial score (nSPS) is 16.4. The Morgan fingerprint density at radius 2 is 1.77 bits per heavy atom. The first-order valence-corrected chi connectivity index (χ1v) is 11.5. The number of carbonyl (C=O) groups excluding carboxylic acids is 1. The first-order chi connectivity index (χ1) is 15.2. The quantitative estimate of drug-likeness (QED) is 0.346. The van der Waals surface area contributed by atoms with Crippen LogP contribution >= 0.6 is 15.9 Å². The van der Waals surface area contributed by atoms with Crippen LogP contribution in [0.5, 0.6) is 0 Å². The van der Waals surface area contributed by atoms with Gasteiger partial charge < -0.3 is 9.47 Å². The average molecular weight is 474 g/mol. The molecule has 0 N–H and O–H groups in total. The molecule has 31 heavy (non-hydrogen) atoms. The molecule has 1 aliphatic heterocycles. The van der Waals surface area contributed by atoms with Gasteiger partial charge in [0.25, 0.3) is 0 Å². The van der Waals surface area contributed by atoms with Gasteiger partial charge in [0.2, 0.25) is 5.91 Å². The van der Waals surface area contributed by atoms with E-state index in [-0.39, 0.29) is 11.8 Å². The number of nitrogens with zero attached hydrogens (tertiary/aromatic N) is 3. The lowest BCUT2D eigenvalue weighted by Gasteiger charge is -2.18. The molecule has 4 aromatic rings. The van der Waals surface area contributed by atoms with Gasteiger partial charge in [-0.2, -0.15) is 0 Å². The first-order valence-electron chi connectivity index (χ1n) is 10.7. The second kappa shape index (κ2) is 8.67. The van der Waals surface area contributed by atoms with E-state index in [2.05, 4.69) is 69.0 Å². The van der Waals surface area contributed by atoms with Crippen LogP contribution in [-0.4, -0.2) is 22.0 Å². The molecular formula is C26H24BrN3O. The summed E-state index contributed by atoms with van der Waals surface area (Å²) >= 11 is 3.52. The zero-order chi connectivity index (χ0) is 21.2. The maximum Gasteiger partial charge on any atom is 0.227 e. The van der Waals surface area contributed by atoms with Gasteiger partial charge in [0.15, 0.2) is 0 Å². The third kappa shape index (κ3) is 4.15. The molecule has 5 heteroatoms. The van der Waals surface area contributed by atoms with Crippen LogP contribution in [0.15, 0.2) is 83.3 Å². The molecular weight excluding hydrogens is 450 g/mol. The minimum absolute atomic E-state index is 0.0932. The minimum atomic E-state index is 0.0932. The summed E-state index contributed by atoms with van der Waals surface area (Å²) in [6.07, 6.45) is 2.56. The summed E-state index contributed by atoms with van der Waals surface area (Å²) in [6.45, 7) is 1.56. The molecule has 1 aromatic heterocycles. The van der Waals surface area contributed by atoms with Gasteiger partial charge in [0, 0.05) is 35.6 Å². The van der Waals surface area contributed by atoms with E-state index in [4.69, 9.17) is 4.98 Å². The van der Waals surface area contributed by atoms with Crippen LogP contribution in [0.3, 0.4) is 0 Å². The van der Waals surface area contributed by atoms with E-state index < -0.39 is 0 Å². The van der Waals surface area contributed by atoms with Gasteiger partial charge in [-0.25, -0.2) is 4.98 Å². The SMILES string of the molecule is O=C1CC(c2nc3ccccc3n2CCCc2ccccc2)CN1c1cccc(Br)c1. The highest BCUT2D eigenvalue weighted by Gasteiger charge is 2.34. The molecule has 0 radical (unpaired) electrons. The Morgan fingerprint density at radius 1 is 0.968 bits per heavy atom. The molecule has 1 unspecified atom stereocenters. The standard InChI is InChI=1S/C26H24BrN3O/c27-21-11-6-12-22(17-21)30-18-20(16-25(30)31)26-28-23-13-4-5-14-24(23)29(26)15-7-10-19-8-2-1-3-9-19/h1-6,8-9,11-14,17,20H,7,10,15-16,18H2. The Bertz CT molecular complexity index is 1220. The van der Waals surface area contributed by atoms with Crippen molar-refractivity contribution in [1.29, 1.82) is 0 Å². The Hall–Kier alpha value is -2.92. The molecule has 0 saturated carbocycles. The third-order valence-corrected chi connectivity index (χ3v) is 6.48. The number of para-hydroxylation sites is 2. The Labute approximate surface area is 190 Å². The van der Waals surface area contributed by atoms with Gasteiger partial charge in [0.1, 0.15) is 5.82 Å². The topological polar surface area (TPSA) is 38.1 Å². The number of hydrogen-bond acceptors (Lipinski definition) is 2. The van der Waals surface area contributed by atoms with E-state index in [0.29, 0.717) is 13.0 Å². The average Bonchev–Trinajstić information content (AvgIpc) is 3.35. The summed E-state index contributed by atoms with van der Waals surface area (Å²) in [7, 11) is 0. The van der Waals surface area contributed by atoms with Gasteiger partial charge in [0.05, 0.1) is 11.0 Å². The Balaban J connectivity index is 1.41. The van der Waals surface area contributed by atoms with Gasteiger partial charge in [-0.3, -0.25) is 4.79 Å². The van der Waals surface area contributed by atoms with E-state index in [1.807, 2.05) is 35.2 Å². The summed E-state index contributed by atoms with van der Waals surface area (Å²) in [5, 5.41) is 0. The predicted molar refractivity (Wildman–Crippen MR) is 128 cm³/mol. The molecule has 1 amide bonds. The van der Waals surface area contributed by atoms with Crippen LogP contribution in [0.4, 0.5) is 5.69 Å². The van der Waals surface area contributed by atoms with Crippen molar-refractivity contribution in [2.24, 2.45) is 0 Å². The number of hydrogen-bond donors (Lipinski definition) is 0. The van der Waals surface area contributed by atoms with Gasteiger partial charge in [-0.05, 0) is 48.7 Å². The predicted octanol–water partition coefficient (Wildman–Crippen LogP) is 5.95. The molecule has 4 nitrogen and oxygen atoms in total. The van der Waals surface area contributed by atoms with E-state index in [0.717, 1.165) is 46.4 Å². The maximum absolute atomic E-state index is 12.9. The van der Waals surface area contributed by atoms with Crippen molar-refractivity contribution in [1.82, 2.24) is 9.55 Å². The molecule has 0 aliphatic carbocycles. The summed E-state index contributed by atoms with van der Waals surface area (Å²) in [4.78, 5) is 19.7. The number of carbonyl (C=O) groups is 1. The van der Waals surface area contributed by atoms with Gasteiger partial charge in [-0.15, -0.1) is 0 Å². The van der Waals surface area contributed by atoms with Crippen molar-refractivity contribution in [3.05, 3.63) is 94.7 Å². The second-order valence-electron chi connectivity index (χ2n) is 8.08. The molecule has 1 aliphatic rings. The number of fused-ring (bicyclic) bond motifs is 1. The number of imidazole rings is 1. The van der Waals surface area contributed by atoms with Crippen molar-refractivity contribution in [2.75, 3.05) is 11.4 Å². The summed E-state index contributed by atoms with van der Waals surface area (Å²) < 4.78 is 3.31. The lowest BCUT2D eigenvalue weighted by Crippen LogP contribution is -2.24. The van der Waals surface area contributed by atoms with Crippen LogP contribution in [0.1, 0.15) is 30.1 Å². The fourth-order valence-corrected chi connectivity index (χ4v) is 4.89. The number of aromatic nitrogens is 2. The van der Waals surface area contributed by atoms with Crippen LogP contribution in [0.25, 0.3) is 11.0 Å². The van der Waals surface area contributed by atoms with Gasteiger partial charge >= 0.3 is 0 Å². The third-order valence-electron chi connectivity index (χ3n) is 5.98. The molecule has 1 atom stereocenters. The Morgan fingerprint density at radius 3 is 2.61 bits per heavy atom. The molecule has 1 fully saturated rings. The number of anilines is 1. The van der Waals surface area contributed by atoms with E-state index in [1.165, 1.54) is 5.56 Å². The number of halogens is 1. The van der Waals surface area contributed by atoms with Crippen molar-refractivity contribution < 1.29 is 4.79 Å². The monoisotopic (exact) mass is 473 g/mol. The lowest BCUT2D eigenvalue weighted by molar-refractivity contribution is -0.117. The van der Waals surface area contributed by atoms with Crippen molar-refractivity contribution in [3.63, 3.8) is 0 Å². The van der Waals surface area contributed by atoms with E-state index in [9.17, 15) is 4.79 Å². The van der Waals surface area contributed by atoms with Crippen molar-refractivity contribution >= 4 is 38.6 Å². The fourth-order valence-electron chi connectivity index (χ4n) is 4.50. The summed E-state index contributed by atoms with van der Waals surface area (Å²) in [5.41, 5.74) is 4.45. The largest absolute Gasteiger partial charge is 0.328 e. The highest BCUT2D eigenvalue weighted by molar-refractivity contribution is 9.10. The molecule has 0 bridgehead atoms. The highest BCUT2D eigenvalue weighted by Crippen LogP contribution is 2.34. The minimum Gasteiger partial charge on any atom is -0.328 e. The first kappa shape index (κ1) is 20.0. The Kier molecular flexibility index (Phi) is 5.60. The van der Waals surface area contributed by atoms with Crippen LogP contribution in [0.2, 0.25) is 0 Å². The molecule has 0 spiro atoms. The maximum atomic E-state index is 12.9. The van der Waals surface area contributed by atoms with Crippen LogP contribution < -0.4 is 4.90 Å². The number of aryl methyl sites for hydroxylation is 2. The lowest BCUT2D eigenvalue weighted by atomic mass is 10.1. The zero-order valence-electron chi connectivity index (χ0n) is 17.2. The number of amides is 1. The van der Waals surface area contributed by atoms with Crippen LogP contribution in [-0.2, 0) is 17.8 Å². The molecule has 156 valence electrons. The fraction of sp³-hybridized carbons (Fsp3) is 0.231. The number of benzene rings is 3.